The minimum Gasteiger partial charge on any atom is -0.481 e. The van der Waals surface area contributed by atoms with Crippen LogP contribution in [-0.4, -0.2) is 42.3 Å². The van der Waals surface area contributed by atoms with E-state index >= 15 is 0 Å². The number of hydrogen-bond donors (Lipinski definition) is 3. The molecule has 146 valence electrons. The van der Waals surface area contributed by atoms with Gasteiger partial charge in [-0.2, -0.15) is 5.10 Å². The maximum absolute atomic E-state index is 12.6. The third-order valence-electron chi connectivity index (χ3n) is 5.15. The molecule has 1 aliphatic rings. The number of carbonyl (C=O) groups excluding carboxylic acids is 1. The molecule has 1 aliphatic carbocycles. The molecule has 3 N–H and O–H groups in total. The second-order valence-corrected chi connectivity index (χ2v) is 7.13. The highest BCUT2D eigenvalue weighted by molar-refractivity contribution is 5.93. The van der Waals surface area contributed by atoms with Gasteiger partial charge in [-0.1, -0.05) is 6.07 Å². The molecular weight excluding hydrogens is 360 g/mol. The number of fused-ring (bicyclic) bond motifs is 1. The number of anilines is 1. The Morgan fingerprint density at radius 2 is 2.00 bits per heavy atom. The molecule has 0 unspecified atom stereocenters. The summed E-state index contributed by atoms with van der Waals surface area (Å²) in [6.45, 7) is 0. The van der Waals surface area contributed by atoms with Crippen molar-refractivity contribution in [1.82, 2.24) is 24.5 Å². The van der Waals surface area contributed by atoms with Gasteiger partial charge < -0.3 is 10.4 Å². The van der Waals surface area contributed by atoms with Crippen LogP contribution in [0, 0.1) is 5.92 Å². The minimum atomic E-state index is -0.755. The first kappa shape index (κ1) is 18.0. The lowest BCUT2D eigenvalue weighted by Gasteiger charge is -2.26. The Morgan fingerprint density at radius 3 is 2.68 bits per heavy atom. The number of aryl methyl sites for hydroxylation is 1. The van der Waals surface area contributed by atoms with Crippen molar-refractivity contribution in [3.63, 3.8) is 0 Å². The zero-order valence-corrected chi connectivity index (χ0v) is 15.5. The molecule has 0 aliphatic heterocycles. The summed E-state index contributed by atoms with van der Waals surface area (Å²) in [6.07, 6.45) is 7.87. The van der Waals surface area contributed by atoms with E-state index in [1.165, 1.54) is 0 Å². The molecule has 3 heterocycles. The Balaban J connectivity index is 1.52. The van der Waals surface area contributed by atoms with Crippen molar-refractivity contribution in [3.05, 3.63) is 36.8 Å². The predicted octanol–water partition coefficient (Wildman–Crippen LogP) is 2.50. The number of nitrogens with zero attached hydrogens (tertiary/aromatic N) is 4. The summed E-state index contributed by atoms with van der Waals surface area (Å²) in [7, 11) is 1.83. The molecule has 0 aromatic carbocycles. The van der Waals surface area contributed by atoms with Crippen LogP contribution in [0.25, 0.3) is 16.9 Å². The number of hydrogen-bond acceptors (Lipinski definition) is 4. The van der Waals surface area contributed by atoms with Crippen molar-refractivity contribution in [2.75, 3.05) is 5.32 Å². The van der Waals surface area contributed by atoms with Crippen LogP contribution >= 0.6 is 0 Å². The van der Waals surface area contributed by atoms with E-state index in [1.54, 1.807) is 10.9 Å². The number of carboxylic acids is 1. The lowest BCUT2D eigenvalue weighted by molar-refractivity contribution is -0.142. The molecule has 3 aromatic heterocycles. The fourth-order valence-corrected chi connectivity index (χ4v) is 3.67. The number of nitrogens with one attached hydrogen (secondary N) is 2. The Morgan fingerprint density at radius 1 is 1.21 bits per heavy atom. The zero-order chi connectivity index (χ0) is 19.7. The van der Waals surface area contributed by atoms with E-state index in [0.29, 0.717) is 37.2 Å². The third-order valence-corrected chi connectivity index (χ3v) is 5.15. The highest BCUT2D eigenvalue weighted by Gasteiger charge is 2.27. The number of urea groups is 1. The highest BCUT2D eigenvalue weighted by Crippen LogP contribution is 2.29. The molecule has 1 saturated carbocycles. The van der Waals surface area contributed by atoms with Crippen LogP contribution in [0.5, 0.6) is 0 Å². The molecule has 0 radical (unpaired) electrons. The summed E-state index contributed by atoms with van der Waals surface area (Å²) in [5.74, 6) is -0.493. The normalized spacial score (nSPS) is 19.5. The molecular formula is C19H22N6O3. The van der Waals surface area contributed by atoms with Crippen molar-refractivity contribution in [2.24, 2.45) is 13.0 Å². The van der Waals surface area contributed by atoms with E-state index in [2.05, 4.69) is 20.7 Å². The number of pyridine rings is 1. The number of carbonyl (C=O) groups is 2. The molecule has 9 heteroatoms. The van der Waals surface area contributed by atoms with E-state index in [4.69, 9.17) is 5.11 Å². The van der Waals surface area contributed by atoms with Crippen molar-refractivity contribution in [3.8, 4) is 11.3 Å². The number of carboxylic acid groups (broad SMARTS) is 1. The summed E-state index contributed by atoms with van der Waals surface area (Å²) in [5, 5.41) is 19.2. The average molecular weight is 382 g/mol. The van der Waals surface area contributed by atoms with Gasteiger partial charge in [0.25, 0.3) is 0 Å². The summed E-state index contributed by atoms with van der Waals surface area (Å²) in [6, 6.07) is 5.28. The minimum absolute atomic E-state index is 0.0309. The first-order valence-corrected chi connectivity index (χ1v) is 9.27. The SMILES string of the molecule is Cn1cc(-c2nc3ccccn3c2NC(=O)NC2CCC(C(=O)O)CC2)cn1. The van der Waals surface area contributed by atoms with Gasteiger partial charge >= 0.3 is 12.0 Å². The van der Waals surface area contributed by atoms with Gasteiger partial charge in [0, 0.05) is 31.0 Å². The van der Waals surface area contributed by atoms with Crippen LogP contribution in [0.3, 0.4) is 0 Å². The summed E-state index contributed by atoms with van der Waals surface area (Å²) < 4.78 is 3.51. The standard InChI is InChI=1S/C19H22N6O3/c1-24-11-13(10-20-24)16-17(25-9-3-2-4-15(25)22-16)23-19(28)21-14-7-5-12(6-8-14)18(26)27/h2-4,9-12,14H,5-8H2,1H3,(H,26,27)(H2,21,23,28). The second kappa shape index (κ2) is 7.34. The summed E-state index contributed by atoms with van der Waals surface area (Å²) >= 11 is 0. The van der Waals surface area contributed by atoms with Gasteiger partial charge in [0.2, 0.25) is 0 Å². The molecule has 0 bridgehead atoms. The van der Waals surface area contributed by atoms with E-state index < -0.39 is 5.97 Å². The number of rotatable bonds is 4. The van der Waals surface area contributed by atoms with Gasteiger partial charge in [-0.05, 0) is 37.8 Å². The van der Waals surface area contributed by atoms with Crippen molar-refractivity contribution in [2.45, 2.75) is 31.7 Å². The Labute approximate surface area is 161 Å². The van der Waals surface area contributed by atoms with E-state index in [9.17, 15) is 9.59 Å². The average Bonchev–Trinajstić information content (AvgIpc) is 3.26. The molecule has 28 heavy (non-hydrogen) atoms. The Bertz CT molecular complexity index is 1020. The molecule has 0 atom stereocenters. The van der Waals surface area contributed by atoms with E-state index in [1.807, 2.05) is 42.0 Å². The maximum atomic E-state index is 12.6. The molecule has 1 fully saturated rings. The van der Waals surface area contributed by atoms with Gasteiger partial charge in [0.15, 0.2) is 0 Å². The Hall–Kier alpha value is -3.36. The molecule has 4 rings (SSSR count). The fraction of sp³-hybridized carbons (Fsp3) is 0.368. The van der Waals surface area contributed by atoms with Crippen molar-refractivity contribution >= 4 is 23.5 Å². The zero-order valence-electron chi connectivity index (χ0n) is 15.5. The fourth-order valence-electron chi connectivity index (χ4n) is 3.67. The number of aliphatic carboxylic acids is 1. The highest BCUT2D eigenvalue weighted by atomic mass is 16.4. The first-order chi connectivity index (χ1) is 13.5. The summed E-state index contributed by atoms with van der Waals surface area (Å²) in [5.41, 5.74) is 2.17. The molecule has 2 amide bonds. The predicted molar refractivity (Wildman–Crippen MR) is 103 cm³/mol. The molecule has 3 aromatic rings. The smallest absolute Gasteiger partial charge is 0.320 e. The van der Waals surface area contributed by atoms with E-state index in [0.717, 1.165) is 11.2 Å². The lowest BCUT2D eigenvalue weighted by atomic mass is 9.86. The van der Waals surface area contributed by atoms with Gasteiger partial charge in [0.05, 0.1) is 12.1 Å². The monoisotopic (exact) mass is 382 g/mol. The molecule has 0 spiro atoms. The van der Waals surface area contributed by atoms with Crippen LogP contribution in [0.1, 0.15) is 25.7 Å². The quantitative estimate of drug-likeness (QED) is 0.642. The Kier molecular flexibility index (Phi) is 4.72. The first-order valence-electron chi connectivity index (χ1n) is 9.27. The summed E-state index contributed by atoms with van der Waals surface area (Å²) in [4.78, 5) is 28.3. The van der Waals surface area contributed by atoms with Crippen LogP contribution in [-0.2, 0) is 11.8 Å². The van der Waals surface area contributed by atoms with Crippen LogP contribution in [0.15, 0.2) is 36.8 Å². The van der Waals surface area contributed by atoms with Crippen LogP contribution in [0.2, 0.25) is 0 Å². The lowest BCUT2D eigenvalue weighted by Crippen LogP contribution is -2.41. The van der Waals surface area contributed by atoms with Crippen molar-refractivity contribution < 1.29 is 14.7 Å². The van der Waals surface area contributed by atoms with Gasteiger partial charge in [0.1, 0.15) is 17.2 Å². The largest absolute Gasteiger partial charge is 0.481 e. The van der Waals surface area contributed by atoms with Gasteiger partial charge in [-0.15, -0.1) is 0 Å². The maximum Gasteiger partial charge on any atom is 0.320 e. The third kappa shape index (κ3) is 3.55. The van der Waals surface area contributed by atoms with Gasteiger partial charge in [-0.3, -0.25) is 19.2 Å². The van der Waals surface area contributed by atoms with Gasteiger partial charge in [-0.25, -0.2) is 9.78 Å². The molecule has 9 nitrogen and oxygen atoms in total. The topological polar surface area (TPSA) is 114 Å². The number of imidazole rings is 1. The van der Waals surface area contributed by atoms with Crippen molar-refractivity contribution in [1.29, 1.82) is 0 Å². The van der Waals surface area contributed by atoms with Crippen LogP contribution in [0.4, 0.5) is 10.6 Å². The number of aromatic nitrogens is 4. The van der Waals surface area contributed by atoms with E-state index in [-0.39, 0.29) is 18.0 Å². The number of amides is 2. The second-order valence-electron chi connectivity index (χ2n) is 7.13. The van der Waals surface area contributed by atoms with Crippen LogP contribution < -0.4 is 10.6 Å². The molecule has 0 saturated heterocycles.